The Morgan fingerprint density at radius 2 is 1.73 bits per heavy atom. The van der Waals surface area contributed by atoms with Crippen molar-refractivity contribution in [3.63, 3.8) is 0 Å². The second kappa shape index (κ2) is 9.45. The van der Waals surface area contributed by atoms with Crippen molar-refractivity contribution in [1.29, 1.82) is 0 Å². The molecule has 0 aliphatic carbocycles. The first kappa shape index (κ1) is 22.5. The van der Waals surface area contributed by atoms with Crippen LogP contribution in [0.4, 0.5) is 5.69 Å². The predicted octanol–water partition coefficient (Wildman–Crippen LogP) is 3.20. The van der Waals surface area contributed by atoms with E-state index in [0.717, 1.165) is 22.5 Å². The van der Waals surface area contributed by atoms with Crippen LogP contribution in [-0.4, -0.2) is 41.2 Å². The number of anilines is 1. The molecule has 9 nitrogen and oxygen atoms in total. The van der Waals surface area contributed by atoms with Gasteiger partial charge < -0.3 is 5.32 Å². The molecule has 0 spiro atoms. The van der Waals surface area contributed by atoms with Gasteiger partial charge in [0.15, 0.2) is 0 Å². The minimum atomic E-state index is -0.263. The lowest BCUT2D eigenvalue weighted by molar-refractivity contribution is -0.115. The number of nitrogens with one attached hydrogen (secondary N) is 1. The molecular weight excluding hydrogens is 438 g/mol. The Labute approximate surface area is 195 Å². The van der Waals surface area contributed by atoms with Crippen LogP contribution in [0.1, 0.15) is 23.2 Å². The molecule has 2 heterocycles. The van der Waals surface area contributed by atoms with E-state index in [1.807, 2.05) is 69.3 Å². The third-order valence-electron chi connectivity index (χ3n) is 5.47. The molecule has 0 saturated carbocycles. The molecule has 4 aromatic rings. The summed E-state index contributed by atoms with van der Waals surface area (Å²) >= 11 is 1.40. The van der Waals surface area contributed by atoms with E-state index in [2.05, 4.69) is 20.8 Å². The highest BCUT2D eigenvalue weighted by atomic mass is 32.2. The molecule has 10 heteroatoms. The van der Waals surface area contributed by atoms with Gasteiger partial charge in [0, 0.05) is 19.2 Å². The number of carbonyl (C=O) groups is 1. The summed E-state index contributed by atoms with van der Waals surface area (Å²) in [6.07, 6.45) is 0.212. The third-order valence-corrected chi connectivity index (χ3v) is 6.39. The van der Waals surface area contributed by atoms with Gasteiger partial charge in [0.2, 0.25) is 11.1 Å². The van der Waals surface area contributed by atoms with Crippen LogP contribution in [-0.2, 0) is 11.8 Å². The molecule has 2 aromatic heterocycles. The van der Waals surface area contributed by atoms with Crippen LogP contribution in [0.3, 0.4) is 0 Å². The molecule has 170 valence electrons. The second-order valence-corrected chi connectivity index (χ2v) is 8.76. The molecule has 0 bridgehead atoms. The molecule has 0 atom stereocenters. The first-order valence-electron chi connectivity index (χ1n) is 10.5. The van der Waals surface area contributed by atoms with Crippen LogP contribution >= 0.6 is 11.8 Å². The Bertz CT molecular complexity index is 1330. The first-order chi connectivity index (χ1) is 15.9. The molecule has 0 aliphatic rings. The molecular formula is C23H25N7O2S. The number of hydrogen-bond acceptors (Lipinski definition) is 6. The van der Waals surface area contributed by atoms with E-state index < -0.39 is 0 Å². The molecule has 4 rings (SSSR count). The maximum atomic E-state index is 13.0. The number of aryl methyl sites for hydroxylation is 2. The number of hydrogen-bond donors (Lipinski definition) is 1. The molecule has 2 aromatic carbocycles. The van der Waals surface area contributed by atoms with E-state index in [-0.39, 0.29) is 23.6 Å². The average Bonchev–Trinajstić information content (AvgIpc) is 3.33. The highest BCUT2D eigenvalue weighted by Crippen LogP contribution is 2.24. The number of rotatable bonds is 7. The Morgan fingerprint density at radius 1 is 1.03 bits per heavy atom. The average molecular weight is 464 g/mol. The van der Waals surface area contributed by atoms with Gasteiger partial charge in [0.25, 0.3) is 5.56 Å². The monoisotopic (exact) mass is 463 g/mol. The fourth-order valence-corrected chi connectivity index (χ4v) is 4.51. The molecule has 0 aliphatic heterocycles. The lowest BCUT2D eigenvalue weighted by Crippen LogP contribution is -2.23. The Morgan fingerprint density at radius 3 is 2.42 bits per heavy atom. The van der Waals surface area contributed by atoms with Crippen molar-refractivity contribution in [2.45, 2.75) is 32.3 Å². The van der Waals surface area contributed by atoms with Gasteiger partial charge in [-0.2, -0.15) is 4.68 Å². The summed E-state index contributed by atoms with van der Waals surface area (Å²) in [7, 11) is 1.79. The van der Waals surface area contributed by atoms with E-state index in [1.54, 1.807) is 21.1 Å². The van der Waals surface area contributed by atoms with Gasteiger partial charge >= 0.3 is 0 Å². The maximum absolute atomic E-state index is 13.0. The molecule has 0 fully saturated rings. The van der Waals surface area contributed by atoms with Crippen molar-refractivity contribution in [3.05, 3.63) is 75.7 Å². The summed E-state index contributed by atoms with van der Waals surface area (Å²) in [4.78, 5) is 25.6. The zero-order valence-electron chi connectivity index (χ0n) is 18.9. The van der Waals surface area contributed by atoms with Gasteiger partial charge in [-0.15, -0.1) is 5.10 Å². The maximum Gasteiger partial charge on any atom is 0.295 e. The van der Waals surface area contributed by atoms with Crippen molar-refractivity contribution in [2.24, 2.45) is 7.05 Å². The zero-order valence-corrected chi connectivity index (χ0v) is 19.8. The van der Waals surface area contributed by atoms with Gasteiger partial charge in [-0.3, -0.25) is 14.3 Å². The highest BCUT2D eigenvalue weighted by molar-refractivity contribution is 7.99. The van der Waals surface area contributed by atoms with Crippen LogP contribution in [0.5, 0.6) is 0 Å². The highest BCUT2D eigenvalue weighted by Gasteiger charge is 2.19. The number of amides is 1. The van der Waals surface area contributed by atoms with Crippen LogP contribution in [0, 0.1) is 20.8 Å². The van der Waals surface area contributed by atoms with Gasteiger partial charge in [0.05, 0.1) is 17.1 Å². The Hall–Kier alpha value is -3.66. The smallest absolute Gasteiger partial charge is 0.295 e. The predicted molar refractivity (Wildman–Crippen MR) is 128 cm³/mol. The summed E-state index contributed by atoms with van der Waals surface area (Å²) in [5.74, 6) is 0.232. The molecule has 0 saturated heterocycles. The summed E-state index contributed by atoms with van der Waals surface area (Å²) in [6, 6.07) is 15.3. The number of nitrogens with zero attached hydrogens (tertiary/aromatic N) is 6. The lowest BCUT2D eigenvalue weighted by Gasteiger charge is -2.10. The van der Waals surface area contributed by atoms with Crippen molar-refractivity contribution in [2.75, 3.05) is 11.1 Å². The molecule has 1 amide bonds. The largest absolute Gasteiger partial charge is 0.320 e. The Kier molecular flexibility index (Phi) is 6.45. The van der Waals surface area contributed by atoms with E-state index in [9.17, 15) is 9.59 Å². The van der Waals surface area contributed by atoms with E-state index in [0.29, 0.717) is 16.6 Å². The number of para-hydroxylation sites is 2. The van der Waals surface area contributed by atoms with Crippen molar-refractivity contribution in [1.82, 2.24) is 29.6 Å². The normalized spacial score (nSPS) is 11.0. The van der Waals surface area contributed by atoms with Gasteiger partial charge in [0.1, 0.15) is 5.69 Å². The topological polar surface area (TPSA) is 99.6 Å². The van der Waals surface area contributed by atoms with Crippen LogP contribution < -0.4 is 10.9 Å². The summed E-state index contributed by atoms with van der Waals surface area (Å²) in [5.41, 5.74) is 4.52. The summed E-state index contributed by atoms with van der Waals surface area (Å²) in [6.45, 7) is 5.83. The van der Waals surface area contributed by atoms with E-state index >= 15 is 0 Å². The molecule has 0 radical (unpaired) electrons. The number of carbonyl (C=O) groups excluding carboxylic acids is 1. The lowest BCUT2D eigenvalue weighted by atomic mass is 10.1. The standard InChI is InChI=1S/C23H25N7O2S/c1-15-9-8-10-16(2)21(15)29-23(25-26-27-29)33-14-13-19(31)24-20-17(3)28(4)30(22(20)32)18-11-6-5-7-12-18/h5-12H,13-14H2,1-4H3,(H,24,31). The quantitative estimate of drug-likeness (QED) is 0.423. The van der Waals surface area contributed by atoms with Crippen LogP contribution in [0.2, 0.25) is 0 Å². The number of thioether (sulfide) groups is 1. The summed E-state index contributed by atoms with van der Waals surface area (Å²) in [5, 5.41) is 15.4. The van der Waals surface area contributed by atoms with Gasteiger partial charge in [-0.1, -0.05) is 48.2 Å². The van der Waals surface area contributed by atoms with Crippen LogP contribution in [0.25, 0.3) is 11.4 Å². The molecule has 33 heavy (non-hydrogen) atoms. The van der Waals surface area contributed by atoms with Crippen molar-refractivity contribution in [3.8, 4) is 11.4 Å². The third kappa shape index (κ3) is 4.47. The molecule has 0 unspecified atom stereocenters. The number of benzene rings is 2. The SMILES string of the molecule is Cc1cccc(C)c1-n1nnnc1SCCC(=O)Nc1c(C)n(C)n(-c2ccccc2)c1=O. The Balaban J connectivity index is 1.44. The number of aromatic nitrogens is 6. The van der Waals surface area contributed by atoms with Crippen molar-refractivity contribution >= 4 is 23.4 Å². The van der Waals surface area contributed by atoms with E-state index in [1.165, 1.54) is 11.8 Å². The minimum Gasteiger partial charge on any atom is -0.320 e. The summed E-state index contributed by atoms with van der Waals surface area (Å²) < 4.78 is 4.98. The minimum absolute atomic E-state index is 0.212. The molecule has 1 N–H and O–H groups in total. The second-order valence-electron chi connectivity index (χ2n) is 7.70. The fraction of sp³-hybridized carbons (Fsp3) is 0.261. The number of tetrazole rings is 1. The van der Waals surface area contributed by atoms with Crippen molar-refractivity contribution < 1.29 is 4.79 Å². The first-order valence-corrected chi connectivity index (χ1v) is 11.5. The fourth-order valence-electron chi connectivity index (χ4n) is 3.70. The zero-order chi connectivity index (χ0) is 23.5. The van der Waals surface area contributed by atoms with E-state index in [4.69, 9.17) is 0 Å². The van der Waals surface area contributed by atoms with Crippen LogP contribution in [0.15, 0.2) is 58.5 Å². The van der Waals surface area contributed by atoms with Gasteiger partial charge in [-0.05, 0) is 54.5 Å². The van der Waals surface area contributed by atoms with Gasteiger partial charge in [-0.25, -0.2) is 4.68 Å².